The molecule has 0 bridgehead atoms. The third kappa shape index (κ3) is 2.26. The van der Waals surface area contributed by atoms with E-state index in [0.717, 1.165) is 25.0 Å². The van der Waals surface area contributed by atoms with Crippen LogP contribution in [0.2, 0.25) is 0 Å². The van der Waals surface area contributed by atoms with Crippen molar-refractivity contribution in [1.82, 2.24) is 0 Å². The minimum Gasteiger partial charge on any atom is -0.377 e. The van der Waals surface area contributed by atoms with Gasteiger partial charge in [0.25, 0.3) is 0 Å². The summed E-state index contributed by atoms with van der Waals surface area (Å²) < 4.78 is 5.61. The summed E-state index contributed by atoms with van der Waals surface area (Å²) in [6, 6.07) is 9.93. The van der Waals surface area contributed by atoms with Gasteiger partial charge in [0.1, 0.15) is 5.78 Å². The number of ketones is 1. The van der Waals surface area contributed by atoms with E-state index in [-0.39, 0.29) is 17.8 Å². The van der Waals surface area contributed by atoms with Crippen molar-refractivity contribution >= 4 is 5.78 Å². The summed E-state index contributed by atoms with van der Waals surface area (Å²) in [6.45, 7) is 2.45. The van der Waals surface area contributed by atoms with Gasteiger partial charge in [0, 0.05) is 6.61 Å². The molecule has 1 aliphatic heterocycles. The van der Waals surface area contributed by atoms with Gasteiger partial charge < -0.3 is 4.74 Å². The molecule has 1 heterocycles. The van der Waals surface area contributed by atoms with Crippen LogP contribution in [0.5, 0.6) is 0 Å². The fourth-order valence-electron chi connectivity index (χ4n) is 2.24. The fraction of sp³-hybridized carbons (Fsp3) is 0.462. The minimum absolute atomic E-state index is 0.0753. The standard InChI is InChI=1S/C13H16O2/c1-10(14)13(12-8-5-9-15-12)11-6-3-2-4-7-11/h2-4,6-7,12-13H,5,8-9H2,1H3/t12-,13+/m1/s1. The lowest BCUT2D eigenvalue weighted by Crippen LogP contribution is -2.23. The summed E-state index contributed by atoms with van der Waals surface area (Å²) in [5.74, 6) is 0.127. The molecular weight excluding hydrogens is 188 g/mol. The highest BCUT2D eigenvalue weighted by Gasteiger charge is 2.30. The van der Waals surface area contributed by atoms with Crippen LogP contribution in [0.15, 0.2) is 30.3 Å². The van der Waals surface area contributed by atoms with Crippen LogP contribution in [0.25, 0.3) is 0 Å². The van der Waals surface area contributed by atoms with Crippen molar-refractivity contribution in [2.24, 2.45) is 0 Å². The SMILES string of the molecule is CC(=O)[C@@H](c1ccccc1)[C@H]1CCCO1. The van der Waals surface area contributed by atoms with Gasteiger partial charge in [-0.05, 0) is 25.3 Å². The van der Waals surface area contributed by atoms with Crippen molar-refractivity contribution in [3.63, 3.8) is 0 Å². The van der Waals surface area contributed by atoms with Crippen LogP contribution < -0.4 is 0 Å². The van der Waals surface area contributed by atoms with E-state index in [2.05, 4.69) is 0 Å². The van der Waals surface area contributed by atoms with Gasteiger partial charge in [-0.15, -0.1) is 0 Å². The molecule has 0 radical (unpaired) electrons. The molecule has 2 rings (SSSR count). The van der Waals surface area contributed by atoms with Gasteiger partial charge in [-0.2, -0.15) is 0 Å². The van der Waals surface area contributed by atoms with E-state index in [9.17, 15) is 4.79 Å². The highest BCUT2D eigenvalue weighted by molar-refractivity contribution is 5.84. The molecule has 0 aromatic heterocycles. The molecule has 0 aliphatic carbocycles. The molecule has 1 fully saturated rings. The molecular formula is C13H16O2. The number of carbonyl (C=O) groups excluding carboxylic acids is 1. The van der Waals surface area contributed by atoms with Crippen molar-refractivity contribution in [2.75, 3.05) is 6.61 Å². The molecule has 1 aromatic carbocycles. The van der Waals surface area contributed by atoms with E-state index < -0.39 is 0 Å². The Morgan fingerprint density at radius 3 is 2.67 bits per heavy atom. The zero-order valence-corrected chi connectivity index (χ0v) is 8.98. The lowest BCUT2D eigenvalue weighted by atomic mass is 9.89. The van der Waals surface area contributed by atoms with E-state index in [1.165, 1.54) is 0 Å². The molecule has 1 aliphatic rings. The summed E-state index contributed by atoms with van der Waals surface area (Å²) in [4.78, 5) is 11.7. The van der Waals surface area contributed by atoms with Crippen LogP contribution in [0.1, 0.15) is 31.2 Å². The van der Waals surface area contributed by atoms with E-state index in [4.69, 9.17) is 4.74 Å². The molecule has 1 saturated heterocycles. The summed E-state index contributed by atoms with van der Waals surface area (Å²) in [5.41, 5.74) is 1.08. The molecule has 2 heteroatoms. The van der Waals surface area contributed by atoms with E-state index in [1.807, 2.05) is 30.3 Å². The molecule has 2 nitrogen and oxygen atoms in total. The maximum atomic E-state index is 11.7. The first-order chi connectivity index (χ1) is 7.29. The van der Waals surface area contributed by atoms with E-state index in [1.54, 1.807) is 6.92 Å². The van der Waals surface area contributed by atoms with Gasteiger partial charge in [0.15, 0.2) is 0 Å². The van der Waals surface area contributed by atoms with Crippen LogP contribution in [-0.2, 0) is 9.53 Å². The predicted octanol–water partition coefficient (Wildman–Crippen LogP) is 2.54. The van der Waals surface area contributed by atoms with Crippen LogP contribution in [0, 0.1) is 0 Å². The molecule has 2 atom stereocenters. The monoisotopic (exact) mass is 204 g/mol. The Hall–Kier alpha value is -1.15. The number of benzene rings is 1. The molecule has 1 aromatic rings. The quantitative estimate of drug-likeness (QED) is 0.756. The first kappa shape index (κ1) is 10.4. The van der Waals surface area contributed by atoms with E-state index in [0.29, 0.717) is 0 Å². The lowest BCUT2D eigenvalue weighted by Gasteiger charge is -2.20. The molecule has 80 valence electrons. The number of ether oxygens (including phenoxy) is 1. The number of rotatable bonds is 3. The smallest absolute Gasteiger partial charge is 0.139 e. The second kappa shape index (κ2) is 4.58. The van der Waals surface area contributed by atoms with Crippen molar-refractivity contribution < 1.29 is 9.53 Å². The van der Waals surface area contributed by atoms with Gasteiger partial charge in [-0.25, -0.2) is 0 Å². The number of carbonyl (C=O) groups is 1. The second-order valence-electron chi connectivity index (χ2n) is 4.05. The summed E-state index contributed by atoms with van der Waals surface area (Å²) >= 11 is 0. The Morgan fingerprint density at radius 1 is 1.40 bits per heavy atom. The van der Waals surface area contributed by atoms with Gasteiger partial charge in [-0.3, -0.25) is 4.79 Å². The second-order valence-corrected chi connectivity index (χ2v) is 4.05. The number of hydrogen-bond donors (Lipinski definition) is 0. The van der Waals surface area contributed by atoms with Gasteiger partial charge in [-0.1, -0.05) is 30.3 Å². The third-order valence-corrected chi connectivity index (χ3v) is 2.93. The Kier molecular flexibility index (Phi) is 3.17. The van der Waals surface area contributed by atoms with Crippen LogP contribution in [-0.4, -0.2) is 18.5 Å². The fourth-order valence-corrected chi connectivity index (χ4v) is 2.24. The summed E-state index contributed by atoms with van der Waals surface area (Å²) in [5, 5.41) is 0. The first-order valence-electron chi connectivity index (χ1n) is 5.46. The molecule has 0 saturated carbocycles. The van der Waals surface area contributed by atoms with Crippen LogP contribution in [0.3, 0.4) is 0 Å². The number of Topliss-reactive ketones (excluding diaryl/α,β-unsaturated/α-hetero) is 1. The Bertz CT molecular complexity index is 326. The average Bonchev–Trinajstić information content (AvgIpc) is 2.72. The maximum Gasteiger partial charge on any atom is 0.139 e. The van der Waals surface area contributed by atoms with Crippen molar-refractivity contribution in [2.45, 2.75) is 31.8 Å². The third-order valence-electron chi connectivity index (χ3n) is 2.93. The highest BCUT2D eigenvalue weighted by atomic mass is 16.5. The summed E-state index contributed by atoms with van der Waals surface area (Å²) in [6.07, 6.45) is 2.16. The lowest BCUT2D eigenvalue weighted by molar-refractivity contribution is -0.121. The molecule has 15 heavy (non-hydrogen) atoms. The Balaban J connectivity index is 2.23. The van der Waals surface area contributed by atoms with Crippen molar-refractivity contribution in [1.29, 1.82) is 0 Å². The largest absolute Gasteiger partial charge is 0.377 e. The zero-order chi connectivity index (χ0) is 10.7. The van der Waals surface area contributed by atoms with Crippen molar-refractivity contribution in [3.05, 3.63) is 35.9 Å². The molecule has 0 unspecified atom stereocenters. The Labute approximate surface area is 90.3 Å². The van der Waals surface area contributed by atoms with Gasteiger partial charge in [0.2, 0.25) is 0 Å². The van der Waals surface area contributed by atoms with E-state index >= 15 is 0 Å². The van der Waals surface area contributed by atoms with Gasteiger partial charge >= 0.3 is 0 Å². The normalized spacial score (nSPS) is 22.6. The minimum atomic E-state index is -0.0753. The molecule has 0 amide bonds. The topological polar surface area (TPSA) is 26.3 Å². The molecule has 0 N–H and O–H groups in total. The average molecular weight is 204 g/mol. The molecule has 0 spiro atoms. The highest BCUT2D eigenvalue weighted by Crippen LogP contribution is 2.29. The van der Waals surface area contributed by atoms with Crippen LogP contribution >= 0.6 is 0 Å². The van der Waals surface area contributed by atoms with Crippen LogP contribution in [0.4, 0.5) is 0 Å². The predicted molar refractivity (Wildman–Crippen MR) is 58.8 cm³/mol. The Morgan fingerprint density at radius 2 is 2.13 bits per heavy atom. The zero-order valence-electron chi connectivity index (χ0n) is 8.98. The van der Waals surface area contributed by atoms with Gasteiger partial charge in [0.05, 0.1) is 12.0 Å². The summed E-state index contributed by atoms with van der Waals surface area (Å²) in [7, 11) is 0. The maximum absolute atomic E-state index is 11.7. The first-order valence-corrected chi connectivity index (χ1v) is 5.46. The van der Waals surface area contributed by atoms with Crippen molar-refractivity contribution in [3.8, 4) is 0 Å². The number of hydrogen-bond acceptors (Lipinski definition) is 2.